The molecule has 0 amide bonds. The van der Waals surface area contributed by atoms with Gasteiger partial charge in [0.15, 0.2) is 6.61 Å². The molecule has 0 radical (unpaired) electrons. The molecule has 134 valence electrons. The summed E-state index contributed by atoms with van der Waals surface area (Å²) in [5.41, 5.74) is 3.47. The number of carbonyl (C=O) groups excluding carboxylic acids is 2. The zero-order chi connectivity index (χ0) is 18.6. The molecular formula is C20H25NO4. The number of carbonyl (C=O) groups is 2. The first-order valence-electron chi connectivity index (χ1n) is 8.50. The highest BCUT2D eigenvalue weighted by Gasteiger charge is 2.26. The second-order valence-corrected chi connectivity index (χ2v) is 5.93. The van der Waals surface area contributed by atoms with E-state index in [9.17, 15) is 9.59 Å². The van der Waals surface area contributed by atoms with Crippen molar-refractivity contribution in [2.45, 2.75) is 41.2 Å². The summed E-state index contributed by atoms with van der Waals surface area (Å²) in [4.78, 5) is 25.0. The van der Waals surface area contributed by atoms with Crippen molar-refractivity contribution in [3.63, 3.8) is 0 Å². The van der Waals surface area contributed by atoms with Crippen molar-refractivity contribution in [2.75, 3.05) is 13.2 Å². The molecule has 0 saturated carbocycles. The third kappa shape index (κ3) is 3.92. The Kier molecular flexibility index (Phi) is 6.02. The number of hydrogen-bond donors (Lipinski definition) is 0. The largest absolute Gasteiger partial charge is 0.485 e. The molecule has 0 N–H and O–H groups in total. The van der Waals surface area contributed by atoms with E-state index in [1.807, 2.05) is 49.6 Å². The maximum atomic E-state index is 12.7. The zero-order valence-corrected chi connectivity index (χ0v) is 15.5. The molecule has 1 aromatic heterocycles. The maximum Gasteiger partial charge on any atom is 0.355 e. The summed E-state index contributed by atoms with van der Waals surface area (Å²) in [7, 11) is 0. The van der Waals surface area contributed by atoms with Gasteiger partial charge in [0, 0.05) is 17.8 Å². The van der Waals surface area contributed by atoms with Crippen molar-refractivity contribution in [1.29, 1.82) is 0 Å². The van der Waals surface area contributed by atoms with Gasteiger partial charge in [0.25, 0.3) is 0 Å². The van der Waals surface area contributed by atoms with Gasteiger partial charge in [-0.2, -0.15) is 0 Å². The second kappa shape index (κ2) is 8.01. The van der Waals surface area contributed by atoms with Crippen molar-refractivity contribution < 1.29 is 19.1 Å². The molecule has 1 heterocycles. The minimum atomic E-state index is -0.399. The van der Waals surface area contributed by atoms with Crippen LogP contribution in [0.1, 0.15) is 51.5 Å². The number of Topliss-reactive ketones (excluding diaryl/α,β-unsaturated/α-hetero) is 1. The maximum absolute atomic E-state index is 12.7. The van der Waals surface area contributed by atoms with E-state index >= 15 is 0 Å². The van der Waals surface area contributed by atoms with Crippen molar-refractivity contribution in [3.8, 4) is 5.75 Å². The number of hydrogen-bond acceptors (Lipinski definition) is 4. The van der Waals surface area contributed by atoms with Crippen LogP contribution in [0.2, 0.25) is 0 Å². The number of aromatic nitrogens is 1. The highest BCUT2D eigenvalue weighted by molar-refractivity contribution is 6.03. The van der Waals surface area contributed by atoms with Gasteiger partial charge in [-0.1, -0.05) is 12.1 Å². The standard InChI is InChI=1S/C20H25NO4/c1-6-21-15(5)18(14(4)19(21)20(23)24-7-2)17(22)12-25-16-10-8-9-13(3)11-16/h8-11H,6-7,12H2,1-5H3. The topological polar surface area (TPSA) is 57.5 Å². The average molecular weight is 343 g/mol. The average Bonchev–Trinajstić information content (AvgIpc) is 2.83. The predicted octanol–water partition coefficient (Wildman–Crippen LogP) is 3.87. The number of ketones is 1. The Morgan fingerprint density at radius 1 is 1.12 bits per heavy atom. The van der Waals surface area contributed by atoms with Crippen molar-refractivity contribution in [2.24, 2.45) is 0 Å². The first-order chi connectivity index (χ1) is 11.9. The lowest BCUT2D eigenvalue weighted by molar-refractivity contribution is 0.0512. The van der Waals surface area contributed by atoms with Crippen LogP contribution in [0.25, 0.3) is 0 Å². The molecule has 1 aromatic carbocycles. The highest BCUT2D eigenvalue weighted by Crippen LogP contribution is 2.24. The molecule has 25 heavy (non-hydrogen) atoms. The smallest absolute Gasteiger partial charge is 0.355 e. The van der Waals surface area contributed by atoms with Gasteiger partial charge >= 0.3 is 5.97 Å². The number of ether oxygens (including phenoxy) is 2. The van der Waals surface area contributed by atoms with Crippen molar-refractivity contribution in [1.82, 2.24) is 4.57 Å². The molecule has 0 spiro atoms. The van der Waals surface area contributed by atoms with Gasteiger partial charge in [-0.3, -0.25) is 4.79 Å². The fraction of sp³-hybridized carbons (Fsp3) is 0.400. The Balaban J connectivity index is 2.28. The molecule has 0 aliphatic heterocycles. The van der Waals surface area contributed by atoms with Crippen LogP contribution < -0.4 is 4.74 Å². The van der Waals surface area contributed by atoms with Gasteiger partial charge in [-0.05, 0) is 57.9 Å². The number of rotatable bonds is 7. The number of nitrogens with zero attached hydrogens (tertiary/aromatic N) is 1. The molecule has 0 unspecified atom stereocenters. The summed E-state index contributed by atoms with van der Waals surface area (Å²) in [6.45, 7) is 10.1. The van der Waals surface area contributed by atoms with Gasteiger partial charge in [0.2, 0.25) is 5.78 Å². The van der Waals surface area contributed by atoms with E-state index in [1.165, 1.54) is 0 Å². The van der Waals surface area contributed by atoms with Crippen LogP contribution in [0.4, 0.5) is 0 Å². The third-order valence-corrected chi connectivity index (χ3v) is 4.19. The Morgan fingerprint density at radius 2 is 1.84 bits per heavy atom. The van der Waals surface area contributed by atoms with E-state index in [1.54, 1.807) is 13.8 Å². The van der Waals surface area contributed by atoms with Crippen LogP contribution in [0, 0.1) is 20.8 Å². The molecule has 2 aromatic rings. The van der Waals surface area contributed by atoms with E-state index in [2.05, 4.69) is 0 Å². The molecule has 0 aliphatic rings. The summed E-state index contributed by atoms with van der Waals surface area (Å²) in [6.07, 6.45) is 0. The summed E-state index contributed by atoms with van der Waals surface area (Å²) in [5, 5.41) is 0. The SMILES string of the molecule is CCOC(=O)c1c(C)c(C(=O)COc2cccc(C)c2)c(C)n1CC. The third-order valence-electron chi connectivity index (χ3n) is 4.19. The van der Waals surface area contributed by atoms with Gasteiger partial charge in [-0.15, -0.1) is 0 Å². The van der Waals surface area contributed by atoms with Crippen LogP contribution in [-0.4, -0.2) is 29.5 Å². The van der Waals surface area contributed by atoms with Crippen LogP contribution in [0.5, 0.6) is 5.75 Å². The number of benzene rings is 1. The fourth-order valence-electron chi connectivity index (χ4n) is 3.09. The van der Waals surface area contributed by atoms with Crippen LogP contribution in [0.3, 0.4) is 0 Å². The lowest BCUT2D eigenvalue weighted by Crippen LogP contribution is -2.13. The van der Waals surface area contributed by atoms with Crippen LogP contribution in [-0.2, 0) is 11.3 Å². The highest BCUT2D eigenvalue weighted by atomic mass is 16.5. The molecule has 0 fully saturated rings. The number of aryl methyl sites for hydroxylation is 1. The van der Waals surface area contributed by atoms with E-state index in [-0.39, 0.29) is 12.4 Å². The monoisotopic (exact) mass is 343 g/mol. The predicted molar refractivity (Wildman–Crippen MR) is 96.5 cm³/mol. The molecule has 0 aliphatic carbocycles. The Hall–Kier alpha value is -2.56. The quantitative estimate of drug-likeness (QED) is 0.566. The summed E-state index contributed by atoms with van der Waals surface area (Å²) in [6, 6.07) is 7.56. The first-order valence-corrected chi connectivity index (χ1v) is 8.50. The van der Waals surface area contributed by atoms with Crippen LogP contribution >= 0.6 is 0 Å². The van der Waals surface area contributed by atoms with E-state index in [0.717, 1.165) is 11.3 Å². The number of esters is 1. The van der Waals surface area contributed by atoms with Crippen molar-refractivity contribution in [3.05, 3.63) is 52.3 Å². The lowest BCUT2D eigenvalue weighted by Gasteiger charge is -2.08. The van der Waals surface area contributed by atoms with Crippen LogP contribution in [0.15, 0.2) is 24.3 Å². The Labute approximate surface area is 148 Å². The zero-order valence-electron chi connectivity index (χ0n) is 15.5. The molecule has 5 heteroatoms. The van der Waals surface area contributed by atoms with Gasteiger partial charge in [0.1, 0.15) is 11.4 Å². The molecule has 5 nitrogen and oxygen atoms in total. The van der Waals surface area contributed by atoms with Crippen molar-refractivity contribution >= 4 is 11.8 Å². The normalized spacial score (nSPS) is 10.6. The van der Waals surface area contributed by atoms with E-state index in [0.29, 0.717) is 35.7 Å². The Morgan fingerprint density at radius 3 is 2.44 bits per heavy atom. The summed E-state index contributed by atoms with van der Waals surface area (Å²) < 4.78 is 12.6. The first kappa shape index (κ1) is 18.8. The van der Waals surface area contributed by atoms with Gasteiger partial charge in [-0.25, -0.2) is 4.79 Å². The molecule has 0 saturated heterocycles. The fourth-order valence-corrected chi connectivity index (χ4v) is 3.09. The molecular weight excluding hydrogens is 318 g/mol. The minimum absolute atomic E-state index is 0.0683. The molecule has 0 bridgehead atoms. The van der Waals surface area contributed by atoms with Gasteiger partial charge in [0.05, 0.1) is 6.61 Å². The van der Waals surface area contributed by atoms with Gasteiger partial charge < -0.3 is 14.0 Å². The molecule has 0 atom stereocenters. The minimum Gasteiger partial charge on any atom is -0.485 e. The Bertz CT molecular complexity index is 789. The van der Waals surface area contributed by atoms with E-state index in [4.69, 9.17) is 9.47 Å². The lowest BCUT2D eigenvalue weighted by atomic mass is 10.1. The second-order valence-electron chi connectivity index (χ2n) is 5.93. The molecule has 2 rings (SSSR count). The van der Waals surface area contributed by atoms with E-state index < -0.39 is 5.97 Å². The summed E-state index contributed by atoms with van der Waals surface area (Å²) >= 11 is 0. The summed E-state index contributed by atoms with van der Waals surface area (Å²) in [5.74, 6) is 0.113.